The van der Waals surface area contributed by atoms with Gasteiger partial charge in [0.05, 0.1) is 5.56 Å². The van der Waals surface area contributed by atoms with Crippen LogP contribution < -0.4 is 10.6 Å². The molecule has 0 aromatic carbocycles. The number of nitrogens with one attached hydrogen (secondary N) is 2. The number of hydrogen-bond donors (Lipinski definition) is 2. The second-order valence-electron chi connectivity index (χ2n) is 5.60. The van der Waals surface area contributed by atoms with Gasteiger partial charge in [-0.25, -0.2) is 4.98 Å². The zero-order chi connectivity index (χ0) is 14.5. The van der Waals surface area contributed by atoms with Crippen LogP contribution >= 0.6 is 0 Å². The van der Waals surface area contributed by atoms with E-state index in [9.17, 15) is 4.79 Å². The minimum absolute atomic E-state index is 0.0505. The highest BCUT2D eigenvalue weighted by molar-refractivity contribution is 5.98. The van der Waals surface area contributed by atoms with E-state index in [0.717, 1.165) is 26.1 Å². The molecule has 1 aromatic rings. The molecule has 0 bridgehead atoms. The lowest BCUT2D eigenvalue weighted by Crippen LogP contribution is -2.33. The zero-order valence-corrected chi connectivity index (χ0v) is 12.5. The van der Waals surface area contributed by atoms with Gasteiger partial charge in [0.25, 0.3) is 5.91 Å². The number of rotatable bonds is 5. The van der Waals surface area contributed by atoms with E-state index in [1.165, 1.54) is 0 Å². The maximum Gasteiger partial charge on any atom is 0.255 e. The first-order chi connectivity index (χ1) is 9.61. The Hall–Kier alpha value is -1.62. The lowest BCUT2D eigenvalue weighted by atomic mass is 10.1. The summed E-state index contributed by atoms with van der Waals surface area (Å²) in [4.78, 5) is 18.8. The van der Waals surface area contributed by atoms with Gasteiger partial charge in [0, 0.05) is 32.4 Å². The molecule has 1 amide bonds. The summed E-state index contributed by atoms with van der Waals surface area (Å²) in [6.45, 7) is 7.38. The first kappa shape index (κ1) is 14.8. The minimum Gasteiger partial charge on any atom is -0.372 e. The number of likely N-dealkylation sites (tertiary alicyclic amines) is 1. The summed E-state index contributed by atoms with van der Waals surface area (Å²) in [7, 11) is 1.77. The second-order valence-corrected chi connectivity index (χ2v) is 5.60. The molecule has 2 heterocycles. The van der Waals surface area contributed by atoms with Crippen molar-refractivity contribution in [2.75, 3.05) is 32.0 Å². The van der Waals surface area contributed by atoms with E-state index in [2.05, 4.69) is 34.4 Å². The molecule has 0 aliphatic carbocycles. The molecule has 0 saturated carbocycles. The van der Waals surface area contributed by atoms with Crippen molar-refractivity contribution >= 4 is 11.7 Å². The van der Waals surface area contributed by atoms with Gasteiger partial charge in [0.15, 0.2) is 0 Å². The lowest BCUT2D eigenvalue weighted by Gasteiger charge is -2.20. The Morgan fingerprint density at radius 1 is 1.55 bits per heavy atom. The first-order valence-electron chi connectivity index (χ1n) is 7.26. The van der Waals surface area contributed by atoms with Gasteiger partial charge in [0.2, 0.25) is 0 Å². The number of pyridine rings is 1. The van der Waals surface area contributed by atoms with E-state index in [0.29, 0.717) is 23.3 Å². The molecule has 1 atom stereocenters. The minimum atomic E-state index is -0.0505. The van der Waals surface area contributed by atoms with Gasteiger partial charge in [0.1, 0.15) is 5.82 Å². The van der Waals surface area contributed by atoms with Crippen molar-refractivity contribution in [2.24, 2.45) is 5.92 Å². The number of hydrogen-bond acceptors (Lipinski definition) is 4. The predicted molar refractivity (Wildman–Crippen MR) is 80.9 cm³/mol. The van der Waals surface area contributed by atoms with E-state index in [-0.39, 0.29) is 5.91 Å². The van der Waals surface area contributed by atoms with Crippen molar-refractivity contribution < 1.29 is 4.79 Å². The summed E-state index contributed by atoms with van der Waals surface area (Å²) in [6, 6.07) is 4.17. The van der Waals surface area contributed by atoms with E-state index in [4.69, 9.17) is 0 Å². The molecule has 0 radical (unpaired) electrons. The average molecular weight is 276 g/mol. The van der Waals surface area contributed by atoms with Crippen molar-refractivity contribution in [3.05, 3.63) is 23.9 Å². The molecule has 2 N–H and O–H groups in total. The number of carbonyl (C=O) groups is 1. The highest BCUT2D eigenvalue weighted by Gasteiger charge is 2.24. The van der Waals surface area contributed by atoms with E-state index < -0.39 is 0 Å². The number of anilines is 1. The van der Waals surface area contributed by atoms with Crippen LogP contribution in [0, 0.1) is 5.92 Å². The van der Waals surface area contributed by atoms with Crippen LogP contribution in [0.5, 0.6) is 0 Å². The Kier molecular flexibility index (Phi) is 4.95. The number of aromatic nitrogens is 1. The molecule has 20 heavy (non-hydrogen) atoms. The standard InChI is InChI=1S/C15H24N4O/c1-11(2)19-8-6-12(10-19)9-18-15(20)13-5-4-7-17-14(13)16-3/h4-5,7,11-12H,6,8-10H2,1-3H3,(H,16,17)(H,18,20). The van der Waals surface area contributed by atoms with Crippen LogP contribution in [0.4, 0.5) is 5.82 Å². The average Bonchev–Trinajstić information content (AvgIpc) is 2.94. The molecule has 2 rings (SSSR count). The van der Waals surface area contributed by atoms with Crippen molar-refractivity contribution in [3.8, 4) is 0 Å². The van der Waals surface area contributed by atoms with Gasteiger partial charge in [-0.15, -0.1) is 0 Å². The van der Waals surface area contributed by atoms with Crippen LogP contribution in [0.15, 0.2) is 18.3 Å². The van der Waals surface area contributed by atoms with Gasteiger partial charge >= 0.3 is 0 Å². The third-order valence-corrected chi connectivity index (χ3v) is 3.89. The predicted octanol–water partition coefficient (Wildman–Crippen LogP) is 1.58. The van der Waals surface area contributed by atoms with Crippen LogP contribution in [0.1, 0.15) is 30.6 Å². The van der Waals surface area contributed by atoms with Crippen LogP contribution in [0.3, 0.4) is 0 Å². The van der Waals surface area contributed by atoms with Gasteiger partial charge in [-0.2, -0.15) is 0 Å². The van der Waals surface area contributed by atoms with Gasteiger partial charge < -0.3 is 15.5 Å². The molecule has 110 valence electrons. The van der Waals surface area contributed by atoms with Crippen molar-refractivity contribution in [2.45, 2.75) is 26.3 Å². The van der Waals surface area contributed by atoms with E-state index in [1.807, 2.05) is 0 Å². The van der Waals surface area contributed by atoms with Crippen molar-refractivity contribution in [1.82, 2.24) is 15.2 Å². The topological polar surface area (TPSA) is 57.3 Å². The zero-order valence-electron chi connectivity index (χ0n) is 12.5. The van der Waals surface area contributed by atoms with Gasteiger partial charge in [-0.1, -0.05) is 0 Å². The maximum absolute atomic E-state index is 12.2. The smallest absolute Gasteiger partial charge is 0.255 e. The molecule has 5 nitrogen and oxygen atoms in total. The van der Waals surface area contributed by atoms with Crippen LogP contribution in [-0.2, 0) is 0 Å². The fourth-order valence-corrected chi connectivity index (χ4v) is 2.62. The van der Waals surface area contributed by atoms with Crippen molar-refractivity contribution in [1.29, 1.82) is 0 Å². The number of nitrogens with zero attached hydrogens (tertiary/aromatic N) is 2. The number of carbonyl (C=O) groups excluding carboxylic acids is 1. The van der Waals surface area contributed by atoms with Crippen LogP contribution in [-0.4, -0.2) is 48.5 Å². The summed E-state index contributed by atoms with van der Waals surface area (Å²) in [5, 5.41) is 5.98. The third-order valence-electron chi connectivity index (χ3n) is 3.89. The van der Waals surface area contributed by atoms with Gasteiger partial charge in [-0.3, -0.25) is 4.79 Å². The second kappa shape index (κ2) is 6.70. The van der Waals surface area contributed by atoms with Crippen LogP contribution in [0.2, 0.25) is 0 Å². The molecule has 1 aliphatic heterocycles. The Morgan fingerprint density at radius 2 is 2.35 bits per heavy atom. The summed E-state index contributed by atoms with van der Waals surface area (Å²) >= 11 is 0. The quantitative estimate of drug-likeness (QED) is 0.857. The van der Waals surface area contributed by atoms with E-state index in [1.54, 1.807) is 25.4 Å². The fourth-order valence-electron chi connectivity index (χ4n) is 2.62. The van der Waals surface area contributed by atoms with Crippen LogP contribution in [0.25, 0.3) is 0 Å². The Labute approximate surface area is 120 Å². The summed E-state index contributed by atoms with van der Waals surface area (Å²) < 4.78 is 0. The van der Waals surface area contributed by atoms with Crippen molar-refractivity contribution in [3.63, 3.8) is 0 Å². The summed E-state index contributed by atoms with van der Waals surface area (Å²) in [5.74, 6) is 1.13. The molecule has 1 saturated heterocycles. The largest absolute Gasteiger partial charge is 0.372 e. The molecular weight excluding hydrogens is 252 g/mol. The normalized spacial score (nSPS) is 19.3. The molecule has 1 aromatic heterocycles. The summed E-state index contributed by atoms with van der Waals surface area (Å²) in [6.07, 6.45) is 2.84. The molecule has 1 fully saturated rings. The highest BCUT2D eigenvalue weighted by atomic mass is 16.1. The fraction of sp³-hybridized carbons (Fsp3) is 0.600. The molecule has 0 spiro atoms. The molecule has 5 heteroatoms. The monoisotopic (exact) mass is 276 g/mol. The molecule has 1 unspecified atom stereocenters. The Morgan fingerprint density at radius 3 is 3.00 bits per heavy atom. The molecular formula is C15H24N4O. The Balaban J connectivity index is 1.87. The number of amides is 1. The SMILES string of the molecule is CNc1ncccc1C(=O)NCC1CCN(C(C)C)C1. The highest BCUT2D eigenvalue weighted by Crippen LogP contribution is 2.18. The molecule has 1 aliphatic rings. The maximum atomic E-state index is 12.2. The first-order valence-corrected chi connectivity index (χ1v) is 7.26. The lowest BCUT2D eigenvalue weighted by molar-refractivity contribution is 0.0947. The summed E-state index contributed by atoms with van der Waals surface area (Å²) in [5.41, 5.74) is 0.605. The van der Waals surface area contributed by atoms with Gasteiger partial charge in [-0.05, 0) is 44.9 Å². The third kappa shape index (κ3) is 3.48. The van der Waals surface area contributed by atoms with E-state index >= 15 is 0 Å². The Bertz CT molecular complexity index is 461.